The molecular formula is C15H19N3. The van der Waals surface area contributed by atoms with Crippen LogP contribution >= 0.6 is 0 Å². The summed E-state index contributed by atoms with van der Waals surface area (Å²) in [6.45, 7) is 5.56. The van der Waals surface area contributed by atoms with Gasteiger partial charge in [0.05, 0.1) is 11.7 Å². The molecule has 18 heavy (non-hydrogen) atoms. The van der Waals surface area contributed by atoms with Gasteiger partial charge in [-0.3, -0.25) is 0 Å². The number of aromatic nitrogens is 2. The van der Waals surface area contributed by atoms with Gasteiger partial charge >= 0.3 is 0 Å². The van der Waals surface area contributed by atoms with Gasteiger partial charge in [0.2, 0.25) is 0 Å². The minimum absolute atomic E-state index is 0.513. The smallest absolute Gasteiger partial charge is 0.125 e. The van der Waals surface area contributed by atoms with E-state index in [1.807, 2.05) is 6.07 Å². The third-order valence-electron chi connectivity index (χ3n) is 3.80. The molecule has 3 heteroatoms. The highest BCUT2D eigenvalue weighted by Gasteiger charge is 2.26. The van der Waals surface area contributed by atoms with Crippen molar-refractivity contribution in [2.24, 2.45) is 5.92 Å². The molecule has 0 spiro atoms. The van der Waals surface area contributed by atoms with Crippen LogP contribution in [0.2, 0.25) is 0 Å². The summed E-state index contributed by atoms with van der Waals surface area (Å²) in [5.41, 5.74) is 2.24. The van der Waals surface area contributed by atoms with Crippen LogP contribution in [0.3, 0.4) is 0 Å². The molecule has 0 aliphatic carbocycles. The van der Waals surface area contributed by atoms with Gasteiger partial charge in [-0.05, 0) is 12.3 Å². The molecule has 3 nitrogen and oxygen atoms in total. The van der Waals surface area contributed by atoms with Gasteiger partial charge in [0, 0.05) is 18.2 Å². The molecule has 0 bridgehead atoms. The second-order valence-corrected chi connectivity index (χ2v) is 5.06. The summed E-state index contributed by atoms with van der Waals surface area (Å²) < 4.78 is 2.16. The predicted octanol–water partition coefficient (Wildman–Crippen LogP) is 3.56. The molecule has 1 N–H and O–H groups in total. The number of rotatable bonds is 2. The Hall–Kier alpha value is -1.77. The number of hydrogen-bond donors (Lipinski definition) is 1. The van der Waals surface area contributed by atoms with Crippen molar-refractivity contribution in [1.29, 1.82) is 0 Å². The molecule has 0 fully saturated rings. The Morgan fingerprint density at radius 2 is 2.11 bits per heavy atom. The van der Waals surface area contributed by atoms with E-state index >= 15 is 0 Å². The monoisotopic (exact) mass is 241 g/mol. The summed E-state index contributed by atoms with van der Waals surface area (Å²) in [6, 6.07) is 13.0. The lowest BCUT2D eigenvalue weighted by molar-refractivity contribution is 0.313. The maximum absolute atomic E-state index is 4.78. The Morgan fingerprint density at radius 1 is 1.33 bits per heavy atom. The number of fused-ring (bicyclic) bond motifs is 1. The number of hydrogen-bond acceptors (Lipinski definition) is 2. The van der Waals surface area contributed by atoms with E-state index in [0.717, 1.165) is 24.5 Å². The average Bonchev–Trinajstić information content (AvgIpc) is 2.84. The van der Waals surface area contributed by atoms with Gasteiger partial charge in [-0.25, -0.2) is 4.68 Å². The van der Waals surface area contributed by atoms with Crippen molar-refractivity contribution in [2.75, 3.05) is 11.9 Å². The molecule has 94 valence electrons. The van der Waals surface area contributed by atoms with Crippen molar-refractivity contribution < 1.29 is 0 Å². The van der Waals surface area contributed by atoms with Gasteiger partial charge < -0.3 is 5.32 Å². The quantitative estimate of drug-likeness (QED) is 0.871. The van der Waals surface area contributed by atoms with Crippen LogP contribution in [0.15, 0.2) is 36.4 Å². The van der Waals surface area contributed by atoms with E-state index in [0.29, 0.717) is 12.0 Å². The first-order valence-corrected chi connectivity index (χ1v) is 6.68. The van der Waals surface area contributed by atoms with Crippen molar-refractivity contribution in [3.05, 3.63) is 36.4 Å². The van der Waals surface area contributed by atoms with Crippen LogP contribution in [0.25, 0.3) is 11.3 Å². The molecule has 1 aliphatic heterocycles. The van der Waals surface area contributed by atoms with Crippen molar-refractivity contribution in [1.82, 2.24) is 9.78 Å². The van der Waals surface area contributed by atoms with Crippen LogP contribution in [0, 0.1) is 5.92 Å². The maximum Gasteiger partial charge on any atom is 0.125 e. The van der Waals surface area contributed by atoms with Gasteiger partial charge in [-0.15, -0.1) is 0 Å². The normalized spacial score (nSPS) is 22.3. The minimum atomic E-state index is 0.513. The minimum Gasteiger partial charge on any atom is -0.370 e. The lowest BCUT2D eigenvalue weighted by atomic mass is 9.98. The summed E-state index contributed by atoms with van der Waals surface area (Å²) in [6.07, 6.45) is 1.13. The van der Waals surface area contributed by atoms with E-state index in [4.69, 9.17) is 5.10 Å². The van der Waals surface area contributed by atoms with Crippen molar-refractivity contribution in [3.8, 4) is 11.3 Å². The first kappa shape index (κ1) is 11.3. The predicted molar refractivity (Wildman–Crippen MR) is 74.6 cm³/mol. The molecule has 1 aromatic heterocycles. The molecule has 0 radical (unpaired) electrons. The van der Waals surface area contributed by atoms with Gasteiger partial charge in [-0.2, -0.15) is 5.10 Å². The Bertz CT molecular complexity index is 530. The molecule has 0 amide bonds. The summed E-state index contributed by atoms with van der Waals surface area (Å²) >= 11 is 0. The fourth-order valence-corrected chi connectivity index (χ4v) is 2.75. The fourth-order valence-electron chi connectivity index (χ4n) is 2.75. The summed E-state index contributed by atoms with van der Waals surface area (Å²) in [7, 11) is 0. The molecule has 0 saturated carbocycles. The average molecular weight is 241 g/mol. The molecular weight excluding hydrogens is 222 g/mol. The molecule has 0 saturated heterocycles. The largest absolute Gasteiger partial charge is 0.370 e. The zero-order chi connectivity index (χ0) is 12.5. The lowest BCUT2D eigenvalue weighted by Gasteiger charge is -2.30. The number of nitrogens with one attached hydrogen (secondary N) is 1. The van der Waals surface area contributed by atoms with Crippen LogP contribution in [-0.2, 0) is 0 Å². The van der Waals surface area contributed by atoms with Crippen LogP contribution in [0.1, 0.15) is 26.3 Å². The van der Waals surface area contributed by atoms with E-state index in [2.05, 4.69) is 54.2 Å². The Balaban J connectivity index is 2.02. The van der Waals surface area contributed by atoms with Gasteiger partial charge in [0.25, 0.3) is 0 Å². The molecule has 1 aliphatic rings. The van der Waals surface area contributed by atoms with E-state index in [9.17, 15) is 0 Å². The van der Waals surface area contributed by atoms with Crippen LogP contribution in [0.4, 0.5) is 5.82 Å². The third-order valence-corrected chi connectivity index (χ3v) is 3.80. The molecule has 1 aromatic carbocycles. The van der Waals surface area contributed by atoms with Gasteiger partial charge in [0.15, 0.2) is 0 Å². The van der Waals surface area contributed by atoms with Crippen molar-refractivity contribution in [3.63, 3.8) is 0 Å². The molecule has 3 rings (SSSR count). The fraction of sp³-hybridized carbons (Fsp3) is 0.400. The Morgan fingerprint density at radius 3 is 2.83 bits per heavy atom. The maximum atomic E-state index is 4.78. The highest BCUT2D eigenvalue weighted by atomic mass is 15.4. The second kappa shape index (κ2) is 4.48. The van der Waals surface area contributed by atoms with Crippen LogP contribution < -0.4 is 5.32 Å². The van der Waals surface area contributed by atoms with Gasteiger partial charge in [-0.1, -0.05) is 44.2 Å². The van der Waals surface area contributed by atoms with E-state index < -0.39 is 0 Å². The Labute approximate surface area is 108 Å². The summed E-state index contributed by atoms with van der Waals surface area (Å²) in [5.74, 6) is 1.78. The van der Waals surface area contributed by atoms with E-state index in [1.165, 1.54) is 5.56 Å². The number of anilines is 1. The topological polar surface area (TPSA) is 29.9 Å². The summed E-state index contributed by atoms with van der Waals surface area (Å²) in [5, 5.41) is 8.25. The third kappa shape index (κ3) is 1.80. The highest BCUT2D eigenvalue weighted by Crippen LogP contribution is 2.32. The molecule has 2 heterocycles. The van der Waals surface area contributed by atoms with Crippen LogP contribution in [0.5, 0.6) is 0 Å². The second-order valence-electron chi connectivity index (χ2n) is 5.06. The lowest BCUT2D eigenvalue weighted by Crippen LogP contribution is -2.30. The van der Waals surface area contributed by atoms with Gasteiger partial charge in [0.1, 0.15) is 5.82 Å². The molecule has 2 aromatic rings. The zero-order valence-electron chi connectivity index (χ0n) is 10.9. The Kier molecular flexibility index (Phi) is 2.82. The zero-order valence-corrected chi connectivity index (χ0v) is 10.9. The number of nitrogens with zero attached hydrogens (tertiary/aromatic N) is 2. The SMILES string of the molecule is CCC1C(C)CNc2cc(-c3ccccc3)nn21. The van der Waals surface area contributed by atoms with Crippen molar-refractivity contribution >= 4 is 5.82 Å². The first-order chi connectivity index (χ1) is 8.79. The summed E-state index contributed by atoms with van der Waals surface area (Å²) in [4.78, 5) is 0. The van der Waals surface area contributed by atoms with Crippen molar-refractivity contribution in [2.45, 2.75) is 26.3 Å². The first-order valence-electron chi connectivity index (χ1n) is 6.68. The molecule has 2 unspecified atom stereocenters. The molecule has 2 atom stereocenters. The standard InChI is InChI=1S/C15H19N3/c1-3-14-11(2)10-16-15-9-13(17-18(14)15)12-7-5-4-6-8-12/h4-9,11,14,16H,3,10H2,1-2H3. The number of benzene rings is 1. The highest BCUT2D eigenvalue weighted by molar-refractivity contribution is 5.63. The van der Waals surface area contributed by atoms with E-state index in [-0.39, 0.29) is 0 Å². The van der Waals surface area contributed by atoms with Crippen LogP contribution in [-0.4, -0.2) is 16.3 Å². The van der Waals surface area contributed by atoms with E-state index in [1.54, 1.807) is 0 Å².